The molecule has 0 amide bonds. The standard InChI is InChI=1S/C28H40N6/c1-2-3-4-5-6-7-8-9-10-11-15-20-26-31-27(25-18-13-12-14-19-25)33-28(32-26)34(23-16-21-29)24-17-22-30/h12-14,18-19H,2-11,15-17,20,23-24H2,1H3. The second-order valence-electron chi connectivity index (χ2n) is 8.83. The van der Waals surface area contributed by atoms with E-state index in [1.807, 2.05) is 35.2 Å². The molecule has 182 valence electrons. The van der Waals surface area contributed by atoms with E-state index < -0.39 is 0 Å². The molecule has 0 fully saturated rings. The van der Waals surface area contributed by atoms with Gasteiger partial charge in [-0.15, -0.1) is 0 Å². The van der Waals surface area contributed by atoms with Gasteiger partial charge in [0.15, 0.2) is 5.82 Å². The van der Waals surface area contributed by atoms with Crippen molar-refractivity contribution in [2.45, 2.75) is 96.8 Å². The van der Waals surface area contributed by atoms with Crippen LogP contribution in [-0.4, -0.2) is 28.0 Å². The molecule has 1 aromatic heterocycles. The quantitative estimate of drug-likeness (QED) is 0.222. The summed E-state index contributed by atoms with van der Waals surface area (Å²) in [6.07, 6.45) is 15.9. The number of nitriles is 2. The third-order valence-corrected chi connectivity index (χ3v) is 5.98. The van der Waals surface area contributed by atoms with Gasteiger partial charge < -0.3 is 4.90 Å². The lowest BCUT2D eigenvalue weighted by molar-refractivity contribution is 0.547. The molecule has 6 nitrogen and oxygen atoms in total. The average Bonchev–Trinajstić information content (AvgIpc) is 2.87. The zero-order valence-corrected chi connectivity index (χ0v) is 20.9. The molecule has 0 atom stereocenters. The smallest absolute Gasteiger partial charge is 0.229 e. The molecule has 0 radical (unpaired) electrons. The van der Waals surface area contributed by atoms with Crippen LogP contribution >= 0.6 is 0 Å². The monoisotopic (exact) mass is 460 g/mol. The Bertz CT molecular complexity index is 866. The van der Waals surface area contributed by atoms with Gasteiger partial charge in [0.2, 0.25) is 5.95 Å². The first-order chi connectivity index (χ1) is 16.8. The van der Waals surface area contributed by atoms with Crippen LogP contribution in [0.25, 0.3) is 11.4 Å². The Balaban J connectivity index is 1.94. The minimum atomic E-state index is 0.367. The zero-order valence-electron chi connectivity index (χ0n) is 20.9. The molecule has 0 N–H and O–H groups in total. The van der Waals surface area contributed by atoms with E-state index in [2.05, 4.69) is 19.1 Å². The van der Waals surface area contributed by atoms with Crippen molar-refractivity contribution in [3.63, 3.8) is 0 Å². The predicted octanol–water partition coefficient (Wildman–Crippen LogP) is 7.03. The molecule has 0 saturated carbocycles. The summed E-state index contributed by atoms with van der Waals surface area (Å²) in [4.78, 5) is 16.1. The molecule has 0 bridgehead atoms. The van der Waals surface area contributed by atoms with Crippen LogP contribution < -0.4 is 4.90 Å². The van der Waals surface area contributed by atoms with Crippen LogP contribution in [0.1, 0.15) is 96.2 Å². The number of nitrogens with zero attached hydrogens (tertiary/aromatic N) is 6. The maximum Gasteiger partial charge on any atom is 0.229 e. The summed E-state index contributed by atoms with van der Waals surface area (Å²) in [5, 5.41) is 18.1. The van der Waals surface area contributed by atoms with Crippen LogP contribution in [0.15, 0.2) is 30.3 Å². The fourth-order valence-electron chi connectivity index (χ4n) is 4.01. The summed E-state index contributed by atoms with van der Waals surface area (Å²) >= 11 is 0. The maximum absolute atomic E-state index is 9.05. The zero-order chi connectivity index (χ0) is 24.3. The van der Waals surface area contributed by atoms with Crippen LogP contribution in [0.2, 0.25) is 0 Å². The largest absolute Gasteiger partial charge is 0.339 e. The molecule has 0 aliphatic rings. The van der Waals surface area contributed by atoms with Crippen LogP contribution in [0.5, 0.6) is 0 Å². The first-order valence-electron chi connectivity index (χ1n) is 13.1. The minimum absolute atomic E-state index is 0.367. The molecule has 2 rings (SSSR count). The minimum Gasteiger partial charge on any atom is -0.339 e. The van der Waals surface area contributed by atoms with Crippen molar-refractivity contribution in [1.29, 1.82) is 10.5 Å². The lowest BCUT2D eigenvalue weighted by Gasteiger charge is -2.21. The molecule has 1 heterocycles. The van der Waals surface area contributed by atoms with Crippen molar-refractivity contribution in [3.05, 3.63) is 36.2 Å². The topological polar surface area (TPSA) is 89.5 Å². The Kier molecular flexibility index (Phi) is 14.0. The van der Waals surface area contributed by atoms with Crippen LogP contribution in [0.3, 0.4) is 0 Å². The van der Waals surface area contributed by atoms with Gasteiger partial charge in [-0.25, -0.2) is 4.98 Å². The van der Waals surface area contributed by atoms with E-state index in [0.29, 0.717) is 37.7 Å². The summed E-state index contributed by atoms with van der Waals surface area (Å²) < 4.78 is 0. The van der Waals surface area contributed by atoms with Gasteiger partial charge in [-0.1, -0.05) is 101 Å². The van der Waals surface area contributed by atoms with Gasteiger partial charge in [0.1, 0.15) is 5.82 Å². The number of benzene rings is 1. The second kappa shape index (κ2) is 17.5. The van der Waals surface area contributed by atoms with Gasteiger partial charge in [0.05, 0.1) is 25.0 Å². The average molecular weight is 461 g/mol. The summed E-state index contributed by atoms with van der Waals surface area (Å²) in [6, 6.07) is 14.3. The fraction of sp³-hybridized carbons (Fsp3) is 0.607. The third kappa shape index (κ3) is 10.8. The SMILES string of the molecule is CCCCCCCCCCCCCc1nc(-c2ccccc2)nc(N(CCC#N)CCC#N)n1. The number of hydrogen-bond donors (Lipinski definition) is 0. The Hall–Kier alpha value is -2.99. The molecule has 6 heteroatoms. The molecular weight excluding hydrogens is 420 g/mol. The van der Waals surface area contributed by atoms with Crippen LogP contribution in [0, 0.1) is 22.7 Å². The Morgan fingerprint density at radius 2 is 1.26 bits per heavy atom. The fourth-order valence-corrected chi connectivity index (χ4v) is 4.01. The molecule has 0 aliphatic carbocycles. The third-order valence-electron chi connectivity index (χ3n) is 5.98. The number of aryl methyl sites for hydroxylation is 1. The molecule has 0 saturated heterocycles. The van der Waals surface area contributed by atoms with Gasteiger partial charge in [-0.2, -0.15) is 20.5 Å². The second-order valence-corrected chi connectivity index (χ2v) is 8.83. The molecular formula is C28H40N6. The lowest BCUT2D eigenvalue weighted by Crippen LogP contribution is -2.28. The van der Waals surface area contributed by atoms with Crippen molar-refractivity contribution in [1.82, 2.24) is 15.0 Å². The highest BCUT2D eigenvalue weighted by Gasteiger charge is 2.14. The van der Waals surface area contributed by atoms with E-state index >= 15 is 0 Å². The number of anilines is 1. The van der Waals surface area contributed by atoms with Crippen molar-refractivity contribution < 1.29 is 0 Å². The van der Waals surface area contributed by atoms with E-state index in [-0.39, 0.29) is 0 Å². The van der Waals surface area contributed by atoms with Gasteiger partial charge in [-0.3, -0.25) is 0 Å². The predicted molar refractivity (Wildman–Crippen MR) is 138 cm³/mol. The maximum atomic E-state index is 9.05. The first kappa shape index (κ1) is 27.3. The van der Waals surface area contributed by atoms with Gasteiger partial charge >= 0.3 is 0 Å². The van der Waals surface area contributed by atoms with Crippen molar-refractivity contribution in [2.24, 2.45) is 0 Å². The van der Waals surface area contributed by atoms with E-state index in [1.54, 1.807) is 0 Å². The Labute approximate surface area is 206 Å². The van der Waals surface area contributed by atoms with E-state index in [1.165, 1.54) is 64.2 Å². The molecule has 34 heavy (non-hydrogen) atoms. The normalized spacial score (nSPS) is 10.6. The van der Waals surface area contributed by atoms with E-state index in [4.69, 9.17) is 25.5 Å². The van der Waals surface area contributed by atoms with Gasteiger partial charge in [-0.05, 0) is 6.42 Å². The van der Waals surface area contributed by atoms with E-state index in [0.717, 1.165) is 24.2 Å². The summed E-state index contributed by atoms with van der Waals surface area (Å²) in [7, 11) is 0. The highest BCUT2D eigenvalue weighted by molar-refractivity contribution is 5.56. The number of rotatable bonds is 18. The Morgan fingerprint density at radius 1 is 0.706 bits per heavy atom. The summed E-state index contributed by atoms with van der Waals surface area (Å²) in [6.45, 7) is 3.28. The van der Waals surface area contributed by atoms with Gasteiger partial charge in [0.25, 0.3) is 0 Å². The highest BCUT2D eigenvalue weighted by atomic mass is 15.3. The summed E-state index contributed by atoms with van der Waals surface area (Å²) in [5.74, 6) is 2.01. The molecule has 0 aliphatic heterocycles. The van der Waals surface area contributed by atoms with Crippen molar-refractivity contribution in [2.75, 3.05) is 18.0 Å². The van der Waals surface area contributed by atoms with Crippen LogP contribution in [0.4, 0.5) is 5.95 Å². The highest BCUT2D eigenvalue weighted by Crippen LogP contribution is 2.20. The number of hydrogen-bond acceptors (Lipinski definition) is 6. The molecule has 0 spiro atoms. The van der Waals surface area contributed by atoms with E-state index in [9.17, 15) is 0 Å². The summed E-state index contributed by atoms with van der Waals surface area (Å²) in [5.41, 5.74) is 0.951. The van der Waals surface area contributed by atoms with Gasteiger partial charge in [0, 0.05) is 25.1 Å². The first-order valence-corrected chi connectivity index (χ1v) is 13.1. The van der Waals surface area contributed by atoms with Crippen LogP contribution in [-0.2, 0) is 6.42 Å². The Morgan fingerprint density at radius 3 is 1.82 bits per heavy atom. The molecule has 2 aromatic rings. The molecule has 1 aromatic carbocycles. The lowest BCUT2D eigenvalue weighted by atomic mass is 10.1. The number of unbranched alkanes of at least 4 members (excludes halogenated alkanes) is 10. The molecule has 0 unspecified atom stereocenters. The number of aromatic nitrogens is 3. The van der Waals surface area contributed by atoms with Crippen molar-refractivity contribution >= 4 is 5.95 Å². The van der Waals surface area contributed by atoms with Crippen molar-refractivity contribution in [3.8, 4) is 23.5 Å².